The highest BCUT2D eigenvalue weighted by atomic mass is 32.1. The fourth-order valence-corrected chi connectivity index (χ4v) is 4.67. The lowest BCUT2D eigenvalue weighted by Gasteiger charge is -2.21. The van der Waals surface area contributed by atoms with Gasteiger partial charge in [-0.15, -0.1) is 11.3 Å². The van der Waals surface area contributed by atoms with Crippen LogP contribution in [0, 0.1) is 13.8 Å². The molecular weight excluding hydrogens is 408 g/mol. The molecule has 1 heterocycles. The van der Waals surface area contributed by atoms with E-state index in [1.165, 1.54) is 18.3 Å². The largest absolute Gasteiger partial charge is 0.497 e. The second kappa shape index (κ2) is 8.47. The van der Waals surface area contributed by atoms with Crippen molar-refractivity contribution in [3.05, 3.63) is 75.3 Å². The van der Waals surface area contributed by atoms with Gasteiger partial charge in [-0.1, -0.05) is 12.1 Å². The van der Waals surface area contributed by atoms with Gasteiger partial charge in [0.15, 0.2) is 10.9 Å². The van der Waals surface area contributed by atoms with Gasteiger partial charge in [-0.2, -0.15) is 0 Å². The number of fused-ring (bicyclic) bond motifs is 1. The summed E-state index contributed by atoms with van der Waals surface area (Å²) >= 11 is 1.40. The Morgan fingerprint density at radius 1 is 1.19 bits per heavy atom. The van der Waals surface area contributed by atoms with Gasteiger partial charge in [0.25, 0.3) is 0 Å². The Balaban J connectivity index is 1.65. The van der Waals surface area contributed by atoms with E-state index in [1.807, 2.05) is 61.7 Å². The Hall–Kier alpha value is -3.25. The summed E-state index contributed by atoms with van der Waals surface area (Å²) in [6.45, 7) is 5.57. The molecule has 0 unspecified atom stereocenters. The van der Waals surface area contributed by atoms with Crippen LogP contribution < -0.4 is 9.64 Å². The van der Waals surface area contributed by atoms with Crippen molar-refractivity contribution in [2.45, 2.75) is 33.6 Å². The molecule has 0 saturated heterocycles. The van der Waals surface area contributed by atoms with Crippen LogP contribution in [-0.2, 0) is 11.2 Å². The van der Waals surface area contributed by atoms with Crippen LogP contribution in [0.5, 0.6) is 5.75 Å². The third-order valence-electron chi connectivity index (χ3n) is 5.67. The summed E-state index contributed by atoms with van der Waals surface area (Å²) in [6.07, 6.45) is 3.28. The van der Waals surface area contributed by atoms with E-state index in [1.54, 1.807) is 12.0 Å². The molecule has 0 saturated carbocycles. The maximum absolute atomic E-state index is 13.0. The summed E-state index contributed by atoms with van der Waals surface area (Å²) < 4.78 is 5.27. The predicted octanol–water partition coefficient (Wildman–Crippen LogP) is 5.67. The Kier molecular flexibility index (Phi) is 5.74. The summed E-state index contributed by atoms with van der Waals surface area (Å²) in [6, 6.07) is 11.5. The fraction of sp³-hybridized carbons (Fsp3) is 0.240. The van der Waals surface area contributed by atoms with Crippen molar-refractivity contribution >= 4 is 39.9 Å². The maximum atomic E-state index is 13.0. The van der Waals surface area contributed by atoms with Crippen molar-refractivity contribution in [3.8, 4) is 5.75 Å². The highest BCUT2D eigenvalue weighted by Crippen LogP contribution is 2.34. The van der Waals surface area contributed by atoms with Gasteiger partial charge in [0.05, 0.1) is 18.5 Å². The zero-order valence-corrected chi connectivity index (χ0v) is 18.9. The number of carbonyl (C=O) groups is 2. The van der Waals surface area contributed by atoms with Gasteiger partial charge in [-0.25, -0.2) is 4.98 Å². The lowest BCUT2D eigenvalue weighted by molar-refractivity contribution is -0.115. The molecule has 0 aliphatic heterocycles. The van der Waals surface area contributed by atoms with E-state index < -0.39 is 0 Å². The minimum Gasteiger partial charge on any atom is -0.497 e. The second-order valence-electron chi connectivity index (χ2n) is 7.65. The lowest BCUT2D eigenvalue weighted by Crippen LogP contribution is -2.23. The first-order valence-corrected chi connectivity index (χ1v) is 11.0. The number of ketones is 1. The van der Waals surface area contributed by atoms with Crippen LogP contribution in [0.3, 0.4) is 0 Å². The minimum absolute atomic E-state index is 0.0244. The average Bonchev–Trinajstić information content (AvgIpc) is 3.20. The molecule has 1 aromatic heterocycles. The van der Waals surface area contributed by atoms with E-state index in [4.69, 9.17) is 4.74 Å². The normalized spacial score (nSPS) is 14.5. The number of carbonyl (C=O) groups excluding carboxylic acids is 2. The van der Waals surface area contributed by atoms with Crippen molar-refractivity contribution < 1.29 is 14.3 Å². The van der Waals surface area contributed by atoms with Gasteiger partial charge in [-0.05, 0) is 73.7 Å². The molecule has 1 amide bonds. The quantitative estimate of drug-likeness (QED) is 0.499. The number of anilines is 2. The topological polar surface area (TPSA) is 59.5 Å². The summed E-state index contributed by atoms with van der Waals surface area (Å²) in [7, 11) is 1.63. The molecule has 3 aromatic rings. The van der Waals surface area contributed by atoms with Gasteiger partial charge in [0.1, 0.15) is 5.75 Å². The van der Waals surface area contributed by atoms with Crippen molar-refractivity contribution in [2.24, 2.45) is 0 Å². The first-order valence-electron chi connectivity index (χ1n) is 10.1. The van der Waals surface area contributed by atoms with Crippen LogP contribution in [0.25, 0.3) is 6.08 Å². The first-order chi connectivity index (χ1) is 14.9. The number of allylic oxidation sites excluding steroid dienone is 1. The number of amides is 1. The Morgan fingerprint density at radius 2 is 2.00 bits per heavy atom. The van der Waals surface area contributed by atoms with Gasteiger partial charge in [0.2, 0.25) is 5.91 Å². The molecule has 158 valence electrons. The molecule has 1 aliphatic carbocycles. The van der Waals surface area contributed by atoms with Crippen molar-refractivity contribution in [1.29, 1.82) is 0 Å². The molecule has 31 heavy (non-hydrogen) atoms. The zero-order chi connectivity index (χ0) is 22.1. The molecule has 0 N–H and O–H groups in total. The summed E-state index contributed by atoms with van der Waals surface area (Å²) in [4.78, 5) is 31.7. The molecule has 5 nitrogen and oxygen atoms in total. The molecule has 4 rings (SSSR count). The standard InChI is InChI=1S/C25H24N2O3S/c1-15-6-5-7-23(16(15)2)27(17(3)28)25-26-20(14-31-25)12-19-9-8-18-13-21(30-4)10-11-22(18)24(19)29/h5-7,10-14H,8-9H2,1-4H3. The van der Waals surface area contributed by atoms with E-state index in [-0.39, 0.29) is 11.7 Å². The zero-order valence-electron chi connectivity index (χ0n) is 18.1. The lowest BCUT2D eigenvalue weighted by atomic mass is 9.86. The SMILES string of the molecule is COc1ccc2c(c1)CCC(=Cc1csc(N(C(C)=O)c3cccc(C)c3C)n1)C2=O. The third-order valence-corrected chi connectivity index (χ3v) is 6.51. The number of rotatable bonds is 4. The molecule has 2 aromatic carbocycles. The molecule has 0 bridgehead atoms. The highest BCUT2D eigenvalue weighted by Gasteiger charge is 2.24. The number of aromatic nitrogens is 1. The van der Waals surface area contributed by atoms with E-state index in [9.17, 15) is 9.59 Å². The maximum Gasteiger partial charge on any atom is 0.230 e. The molecule has 0 fully saturated rings. The van der Waals surface area contributed by atoms with Gasteiger partial charge < -0.3 is 4.74 Å². The molecule has 0 spiro atoms. The van der Waals surface area contributed by atoms with Crippen LogP contribution in [0.2, 0.25) is 0 Å². The number of hydrogen-bond acceptors (Lipinski definition) is 5. The minimum atomic E-state index is -0.0983. The third kappa shape index (κ3) is 4.03. The van der Waals surface area contributed by atoms with Crippen molar-refractivity contribution in [2.75, 3.05) is 12.0 Å². The van der Waals surface area contributed by atoms with Gasteiger partial charge in [0, 0.05) is 23.4 Å². The summed E-state index contributed by atoms with van der Waals surface area (Å²) in [5.74, 6) is 0.689. The fourth-order valence-electron chi connectivity index (χ4n) is 3.83. The van der Waals surface area contributed by atoms with Crippen LogP contribution >= 0.6 is 11.3 Å². The number of aryl methyl sites for hydroxylation is 2. The molecule has 0 radical (unpaired) electrons. The second-order valence-corrected chi connectivity index (χ2v) is 8.49. The van der Waals surface area contributed by atoms with Crippen LogP contribution in [0.15, 0.2) is 47.4 Å². The van der Waals surface area contributed by atoms with Crippen LogP contribution in [-0.4, -0.2) is 23.8 Å². The number of thiazole rings is 1. The summed E-state index contributed by atoms with van der Waals surface area (Å²) in [5.41, 5.74) is 6.14. The number of benzene rings is 2. The van der Waals surface area contributed by atoms with E-state index in [0.29, 0.717) is 17.2 Å². The van der Waals surface area contributed by atoms with Crippen molar-refractivity contribution in [1.82, 2.24) is 4.98 Å². The number of hydrogen-bond donors (Lipinski definition) is 0. The molecule has 6 heteroatoms. The van der Waals surface area contributed by atoms with Gasteiger partial charge >= 0.3 is 0 Å². The van der Waals surface area contributed by atoms with E-state index in [2.05, 4.69) is 4.98 Å². The summed E-state index contributed by atoms with van der Waals surface area (Å²) in [5, 5.41) is 2.49. The molecular formula is C25H24N2O3S. The van der Waals surface area contributed by atoms with Gasteiger partial charge in [-0.3, -0.25) is 14.5 Å². The van der Waals surface area contributed by atoms with Crippen LogP contribution in [0.1, 0.15) is 46.1 Å². The Bertz CT molecular complexity index is 1210. The Labute approximate surface area is 186 Å². The number of Topliss-reactive ketones (excluding diaryl/α,β-unsaturated/α-hetero) is 1. The molecule has 0 atom stereocenters. The number of methoxy groups -OCH3 is 1. The van der Waals surface area contributed by atoms with Crippen LogP contribution in [0.4, 0.5) is 10.8 Å². The first kappa shape index (κ1) is 21.0. The monoisotopic (exact) mass is 432 g/mol. The molecule has 1 aliphatic rings. The van der Waals surface area contributed by atoms with Crippen molar-refractivity contribution in [3.63, 3.8) is 0 Å². The number of ether oxygens (including phenoxy) is 1. The predicted molar refractivity (Wildman–Crippen MR) is 124 cm³/mol. The number of nitrogens with zero attached hydrogens (tertiary/aromatic N) is 2. The average molecular weight is 433 g/mol. The Morgan fingerprint density at radius 3 is 2.74 bits per heavy atom. The highest BCUT2D eigenvalue weighted by molar-refractivity contribution is 7.14. The van der Waals surface area contributed by atoms with E-state index >= 15 is 0 Å². The van der Waals surface area contributed by atoms with E-state index in [0.717, 1.165) is 45.7 Å². The smallest absolute Gasteiger partial charge is 0.230 e.